The number of nitrogens with zero attached hydrogens (tertiary/aromatic N) is 1. The molecule has 0 amide bonds. The van der Waals surface area contributed by atoms with Gasteiger partial charge in [0.15, 0.2) is 6.61 Å². The lowest BCUT2D eigenvalue weighted by molar-refractivity contribution is 0.239. The van der Waals surface area contributed by atoms with Crippen LogP contribution in [0.15, 0.2) is 34.9 Å². The largest absolute Gasteiger partial charge is 0.483 e. The summed E-state index contributed by atoms with van der Waals surface area (Å²) < 4.78 is 10.8. The van der Waals surface area contributed by atoms with Gasteiger partial charge in [-0.15, -0.1) is 0 Å². The van der Waals surface area contributed by atoms with Crippen LogP contribution in [0.1, 0.15) is 17.2 Å². The van der Waals surface area contributed by atoms with Crippen LogP contribution in [-0.2, 0) is 13.2 Å². The Morgan fingerprint density at radius 3 is 2.88 bits per heavy atom. The zero-order chi connectivity index (χ0) is 11.4. The fourth-order valence-electron chi connectivity index (χ4n) is 1.38. The Kier molecular flexibility index (Phi) is 3.22. The standard InChI is InChI=1S/C12H13NO3/c1-9-6-13-12(16-9)8-15-11-5-3-2-4-10(11)7-14/h2-6,14H,7-8H2,1H3. The van der Waals surface area contributed by atoms with Gasteiger partial charge in [-0.2, -0.15) is 0 Å². The van der Waals surface area contributed by atoms with Gasteiger partial charge in [-0.25, -0.2) is 4.98 Å². The number of oxazole rings is 1. The summed E-state index contributed by atoms with van der Waals surface area (Å²) in [5, 5.41) is 9.10. The molecule has 2 rings (SSSR count). The minimum Gasteiger partial charge on any atom is -0.483 e. The minimum absolute atomic E-state index is 0.0409. The molecule has 1 aromatic heterocycles. The van der Waals surface area contributed by atoms with Gasteiger partial charge in [-0.3, -0.25) is 0 Å². The highest BCUT2D eigenvalue weighted by Crippen LogP contribution is 2.18. The fourth-order valence-corrected chi connectivity index (χ4v) is 1.38. The summed E-state index contributed by atoms with van der Waals surface area (Å²) in [6.45, 7) is 2.06. The average Bonchev–Trinajstić information content (AvgIpc) is 2.73. The van der Waals surface area contributed by atoms with Gasteiger partial charge in [-0.05, 0) is 13.0 Å². The van der Waals surface area contributed by atoms with E-state index in [4.69, 9.17) is 14.3 Å². The molecule has 4 heteroatoms. The minimum atomic E-state index is -0.0409. The summed E-state index contributed by atoms with van der Waals surface area (Å²) in [5.41, 5.74) is 0.755. The normalized spacial score (nSPS) is 10.4. The van der Waals surface area contributed by atoms with E-state index in [1.54, 1.807) is 12.3 Å². The molecule has 0 aliphatic rings. The van der Waals surface area contributed by atoms with Gasteiger partial charge in [0, 0.05) is 5.56 Å². The van der Waals surface area contributed by atoms with Crippen molar-refractivity contribution >= 4 is 0 Å². The van der Waals surface area contributed by atoms with E-state index in [9.17, 15) is 0 Å². The molecule has 0 fully saturated rings. The van der Waals surface area contributed by atoms with Crippen molar-refractivity contribution in [3.8, 4) is 5.75 Å². The number of rotatable bonds is 4. The van der Waals surface area contributed by atoms with E-state index in [1.807, 2.05) is 25.1 Å². The zero-order valence-corrected chi connectivity index (χ0v) is 9.01. The van der Waals surface area contributed by atoms with E-state index >= 15 is 0 Å². The van der Waals surface area contributed by atoms with Crippen molar-refractivity contribution < 1.29 is 14.3 Å². The Bertz CT molecular complexity index is 465. The predicted octanol–water partition coefficient (Wildman–Crippen LogP) is 2.05. The van der Waals surface area contributed by atoms with Gasteiger partial charge in [0.25, 0.3) is 0 Å². The van der Waals surface area contributed by atoms with E-state index in [1.165, 1.54) is 0 Å². The molecule has 0 spiro atoms. The van der Waals surface area contributed by atoms with Crippen molar-refractivity contribution in [2.24, 2.45) is 0 Å². The molecular formula is C12H13NO3. The first kappa shape index (κ1) is 10.7. The van der Waals surface area contributed by atoms with Crippen LogP contribution >= 0.6 is 0 Å². The second-order valence-corrected chi connectivity index (χ2v) is 3.42. The molecule has 2 aromatic rings. The molecule has 16 heavy (non-hydrogen) atoms. The van der Waals surface area contributed by atoms with Crippen LogP contribution in [0.5, 0.6) is 5.75 Å². The lowest BCUT2D eigenvalue weighted by atomic mass is 10.2. The van der Waals surface area contributed by atoms with Crippen molar-refractivity contribution in [2.75, 3.05) is 0 Å². The molecule has 0 radical (unpaired) electrons. The zero-order valence-electron chi connectivity index (χ0n) is 9.01. The molecule has 0 saturated heterocycles. The van der Waals surface area contributed by atoms with Crippen LogP contribution in [0.3, 0.4) is 0 Å². The summed E-state index contributed by atoms with van der Waals surface area (Å²) in [7, 11) is 0. The first-order valence-corrected chi connectivity index (χ1v) is 5.02. The summed E-state index contributed by atoms with van der Waals surface area (Å²) in [4.78, 5) is 4.03. The number of ether oxygens (including phenoxy) is 1. The number of aromatic nitrogens is 1. The molecule has 0 aliphatic carbocycles. The highest BCUT2D eigenvalue weighted by Gasteiger charge is 2.04. The van der Waals surface area contributed by atoms with Gasteiger partial charge < -0.3 is 14.3 Å². The predicted molar refractivity (Wildman–Crippen MR) is 57.9 cm³/mol. The third kappa shape index (κ3) is 2.41. The van der Waals surface area contributed by atoms with Gasteiger partial charge >= 0.3 is 0 Å². The van der Waals surface area contributed by atoms with Gasteiger partial charge in [0.05, 0.1) is 12.8 Å². The molecule has 0 unspecified atom stereocenters. The Morgan fingerprint density at radius 1 is 1.38 bits per heavy atom. The molecule has 0 saturated carbocycles. The van der Waals surface area contributed by atoms with Gasteiger partial charge in [0.2, 0.25) is 5.89 Å². The summed E-state index contributed by atoms with van der Waals surface area (Å²) in [5.74, 6) is 1.94. The third-order valence-corrected chi connectivity index (χ3v) is 2.16. The Balaban J connectivity index is 2.04. The second-order valence-electron chi connectivity index (χ2n) is 3.42. The summed E-state index contributed by atoms with van der Waals surface area (Å²) in [6.07, 6.45) is 1.65. The maximum Gasteiger partial charge on any atom is 0.232 e. The number of aryl methyl sites for hydroxylation is 1. The highest BCUT2D eigenvalue weighted by molar-refractivity contribution is 5.32. The van der Waals surface area contributed by atoms with Crippen LogP contribution in [0.4, 0.5) is 0 Å². The molecular weight excluding hydrogens is 206 g/mol. The Labute approximate surface area is 93.5 Å². The van der Waals surface area contributed by atoms with Crippen LogP contribution in [0.25, 0.3) is 0 Å². The fraction of sp³-hybridized carbons (Fsp3) is 0.250. The first-order valence-electron chi connectivity index (χ1n) is 5.02. The molecule has 4 nitrogen and oxygen atoms in total. The van der Waals surface area contributed by atoms with Crippen molar-refractivity contribution in [3.63, 3.8) is 0 Å². The third-order valence-electron chi connectivity index (χ3n) is 2.16. The molecule has 84 valence electrons. The molecule has 1 heterocycles. The van der Waals surface area contributed by atoms with Crippen LogP contribution in [-0.4, -0.2) is 10.1 Å². The summed E-state index contributed by atoms with van der Waals surface area (Å²) in [6, 6.07) is 7.33. The maximum atomic E-state index is 9.10. The Morgan fingerprint density at radius 2 is 2.19 bits per heavy atom. The molecule has 0 aliphatic heterocycles. The Hall–Kier alpha value is -1.81. The lowest BCUT2D eigenvalue weighted by Crippen LogP contribution is -1.98. The van der Waals surface area contributed by atoms with Crippen molar-refractivity contribution in [1.82, 2.24) is 4.98 Å². The monoisotopic (exact) mass is 219 g/mol. The topological polar surface area (TPSA) is 55.5 Å². The lowest BCUT2D eigenvalue weighted by Gasteiger charge is -2.07. The number of hydrogen-bond acceptors (Lipinski definition) is 4. The number of aliphatic hydroxyl groups excluding tert-OH is 1. The van der Waals surface area contributed by atoms with E-state index in [2.05, 4.69) is 4.98 Å². The molecule has 1 aromatic carbocycles. The van der Waals surface area contributed by atoms with Crippen LogP contribution < -0.4 is 4.74 Å². The van der Waals surface area contributed by atoms with Gasteiger partial charge in [0.1, 0.15) is 11.5 Å². The second kappa shape index (κ2) is 4.81. The number of benzene rings is 1. The van der Waals surface area contributed by atoms with Crippen molar-refractivity contribution in [3.05, 3.63) is 47.7 Å². The SMILES string of the molecule is Cc1cnc(COc2ccccc2CO)o1. The quantitative estimate of drug-likeness (QED) is 0.855. The smallest absolute Gasteiger partial charge is 0.232 e. The van der Waals surface area contributed by atoms with Crippen LogP contribution in [0, 0.1) is 6.92 Å². The van der Waals surface area contributed by atoms with Crippen molar-refractivity contribution in [1.29, 1.82) is 0 Å². The number of para-hydroxylation sites is 1. The van der Waals surface area contributed by atoms with Crippen LogP contribution in [0.2, 0.25) is 0 Å². The molecule has 0 atom stereocenters. The van der Waals surface area contributed by atoms with Crippen molar-refractivity contribution in [2.45, 2.75) is 20.1 Å². The van der Waals surface area contributed by atoms with E-state index in [0.29, 0.717) is 11.6 Å². The first-order chi connectivity index (χ1) is 7.79. The van der Waals surface area contributed by atoms with E-state index in [-0.39, 0.29) is 13.2 Å². The maximum absolute atomic E-state index is 9.10. The van der Waals surface area contributed by atoms with Gasteiger partial charge in [-0.1, -0.05) is 18.2 Å². The molecule has 0 bridgehead atoms. The van der Waals surface area contributed by atoms with E-state index in [0.717, 1.165) is 11.3 Å². The number of aliphatic hydroxyl groups is 1. The van der Waals surface area contributed by atoms with E-state index < -0.39 is 0 Å². The molecule has 1 N–H and O–H groups in total. The summed E-state index contributed by atoms with van der Waals surface area (Å²) >= 11 is 0. The average molecular weight is 219 g/mol. The number of hydrogen-bond donors (Lipinski definition) is 1. The highest BCUT2D eigenvalue weighted by atomic mass is 16.5.